The molecular weight excluding hydrogens is 260 g/mol. The third-order valence-corrected chi connectivity index (χ3v) is 4.90. The van der Waals surface area contributed by atoms with Gasteiger partial charge in [0.2, 0.25) is 0 Å². The summed E-state index contributed by atoms with van der Waals surface area (Å²) in [4.78, 5) is 35.3. The third-order valence-electron chi connectivity index (χ3n) is 4.90. The molecule has 2 aliphatic rings. The second-order valence-electron chi connectivity index (χ2n) is 6.07. The van der Waals surface area contributed by atoms with Crippen LogP contribution >= 0.6 is 0 Å². The average molecular weight is 282 g/mol. The Morgan fingerprint density at radius 1 is 0.600 bits per heavy atom. The van der Waals surface area contributed by atoms with Crippen LogP contribution in [-0.4, -0.2) is 27.9 Å². The first-order valence-corrected chi connectivity index (χ1v) is 7.51. The van der Waals surface area contributed by atoms with E-state index in [-0.39, 0.29) is 5.78 Å². The average Bonchev–Trinajstić information content (AvgIpc) is 2.46. The quantitative estimate of drug-likeness (QED) is 0.825. The zero-order chi connectivity index (χ0) is 14.7. The van der Waals surface area contributed by atoms with E-state index in [1.165, 1.54) is 0 Å². The summed E-state index contributed by atoms with van der Waals surface area (Å²) in [7, 11) is 0. The van der Waals surface area contributed by atoms with Gasteiger partial charge in [-0.2, -0.15) is 0 Å². The maximum atomic E-state index is 12.7. The molecule has 20 heavy (non-hydrogen) atoms. The molecule has 0 amide bonds. The van der Waals surface area contributed by atoms with Gasteiger partial charge in [-0.25, -0.2) is 0 Å². The molecule has 5 nitrogen and oxygen atoms in total. The second-order valence-corrected chi connectivity index (χ2v) is 6.07. The molecule has 112 valence electrons. The summed E-state index contributed by atoms with van der Waals surface area (Å²) in [6.07, 6.45) is 5.68. The first-order valence-electron chi connectivity index (χ1n) is 7.51. The maximum absolute atomic E-state index is 12.7. The lowest BCUT2D eigenvalue weighted by Crippen LogP contribution is -2.41. The zero-order valence-electron chi connectivity index (χ0n) is 11.6. The SMILES string of the molecule is O=C(O)C1CCCCC1C(=O)C1CCCCC1C(=O)O. The van der Waals surface area contributed by atoms with Crippen molar-refractivity contribution in [1.82, 2.24) is 0 Å². The monoisotopic (exact) mass is 282 g/mol. The number of Topliss-reactive ketones (excluding diaryl/α,β-unsaturated/α-hetero) is 1. The van der Waals surface area contributed by atoms with Crippen LogP contribution in [0.5, 0.6) is 0 Å². The molecule has 2 N–H and O–H groups in total. The minimum Gasteiger partial charge on any atom is -0.481 e. The van der Waals surface area contributed by atoms with Crippen LogP contribution in [0.15, 0.2) is 0 Å². The predicted octanol–water partition coefficient (Wildman–Crippen LogP) is 2.34. The highest BCUT2D eigenvalue weighted by atomic mass is 16.4. The van der Waals surface area contributed by atoms with Gasteiger partial charge in [0.05, 0.1) is 11.8 Å². The fraction of sp³-hybridized carbons (Fsp3) is 0.800. The first kappa shape index (κ1) is 15.0. The third kappa shape index (κ3) is 3.02. The van der Waals surface area contributed by atoms with Crippen molar-refractivity contribution in [2.75, 3.05) is 0 Å². The van der Waals surface area contributed by atoms with Crippen molar-refractivity contribution >= 4 is 17.7 Å². The Kier molecular flexibility index (Phi) is 4.78. The normalized spacial score (nSPS) is 34.4. The minimum atomic E-state index is -0.911. The van der Waals surface area contributed by atoms with Crippen LogP contribution in [0, 0.1) is 23.7 Å². The van der Waals surface area contributed by atoms with Crippen LogP contribution < -0.4 is 0 Å². The van der Waals surface area contributed by atoms with Gasteiger partial charge in [0.15, 0.2) is 0 Å². The Morgan fingerprint density at radius 2 is 0.900 bits per heavy atom. The van der Waals surface area contributed by atoms with Gasteiger partial charge in [-0.3, -0.25) is 14.4 Å². The topological polar surface area (TPSA) is 91.7 Å². The van der Waals surface area contributed by atoms with Crippen molar-refractivity contribution in [1.29, 1.82) is 0 Å². The molecular formula is C15H22O5. The molecule has 2 aliphatic carbocycles. The molecule has 0 aromatic carbocycles. The molecule has 5 heteroatoms. The minimum absolute atomic E-state index is 0.107. The summed E-state index contributed by atoms with van der Waals surface area (Å²) >= 11 is 0. The van der Waals surface area contributed by atoms with Gasteiger partial charge >= 0.3 is 11.9 Å². The van der Waals surface area contributed by atoms with Crippen LogP contribution in [0.2, 0.25) is 0 Å². The van der Waals surface area contributed by atoms with Crippen molar-refractivity contribution in [2.45, 2.75) is 51.4 Å². The largest absolute Gasteiger partial charge is 0.481 e. The Labute approximate surface area is 118 Å². The van der Waals surface area contributed by atoms with Crippen LogP contribution in [0.1, 0.15) is 51.4 Å². The first-order chi connectivity index (χ1) is 9.52. The Bertz CT molecular complexity index is 367. The van der Waals surface area contributed by atoms with Crippen LogP contribution in [-0.2, 0) is 14.4 Å². The molecule has 0 bridgehead atoms. The molecule has 2 fully saturated rings. The molecule has 4 unspecified atom stereocenters. The number of ketones is 1. The predicted molar refractivity (Wildman–Crippen MR) is 71.2 cm³/mol. The van der Waals surface area contributed by atoms with E-state index in [2.05, 4.69) is 0 Å². The number of carboxylic acid groups (broad SMARTS) is 2. The summed E-state index contributed by atoms with van der Waals surface area (Å²) in [5, 5.41) is 18.5. The van der Waals surface area contributed by atoms with E-state index in [0.717, 1.165) is 25.7 Å². The summed E-state index contributed by atoms with van der Waals surface area (Å²) in [5.74, 6) is -4.13. The maximum Gasteiger partial charge on any atom is 0.307 e. The highest BCUT2D eigenvalue weighted by Gasteiger charge is 2.43. The van der Waals surface area contributed by atoms with E-state index in [1.807, 2.05) is 0 Å². The fourth-order valence-corrected chi connectivity index (χ4v) is 3.81. The fourth-order valence-electron chi connectivity index (χ4n) is 3.81. The van der Waals surface area contributed by atoms with Gasteiger partial charge in [0.1, 0.15) is 5.78 Å². The molecule has 0 aromatic rings. The number of carbonyl (C=O) groups is 3. The van der Waals surface area contributed by atoms with E-state index in [4.69, 9.17) is 0 Å². The summed E-state index contributed by atoms with van der Waals surface area (Å²) < 4.78 is 0. The molecule has 0 radical (unpaired) electrons. The van der Waals surface area contributed by atoms with E-state index in [1.54, 1.807) is 0 Å². The van der Waals surface area contributed by atoms with Crippen LogP contribution in [0.25, 0.3) is 0 Å². The van der Waals surface area contributed by atoms with Crippen molar-refractivity contribution in [2.24, 2.45) is 23.7 Å². The number of aliphatic carboxylic acids is 2. The van der Waals surface area contributed by atoms with E-state index >= 15 is 0 Å². The van der Waals surface area contributed by atoms with E-state index in [0.29, 0.717) is 25.7 Å². The second kappa shape index (κ2) is 6.37. The molecule has 0 heterocycles. The van der Waals surface area contributed by atoms with Gasteiger partial charge in [-0.05, 0) is 25.7 Å². The molecule has 0 aliphatic heterocycles. The van der Waals surface area contributed by atoms with Crippen molar-refractivity contribution in [3.63, 3.8) is 0 Å². The molecule has 4 atom stereocenters. The summed E-state index contributed by atoms with van der Waals surface area (Å²) in [5.41, 5.74) is 0. The van der Waals surface area contributed by atoms with E-state index in [9.17, 15) is 24.6 Å². The number of hydrogen-bond acceptors (Lipinski definition) is 3. The Balaban J connectivity index is 2.14. The molecule has 2 saturated carbocycles. The van der Waals surface area contributed by atoms with Gasteiger partial charge in [0, 0.05) is 11.8 Å². The lowest BCUT2D eigenvalue weighted by molar-refractivity contribution is -0.153. The van der Waals surface area contributed by atoms with Crippen molar-refractivity contribution in [3.8, 4) is 0 Å². The van der Waals surface area contributed by atoms with Crippen molar-refractivity contribution < 1.29 is 24.6 Å². The Hall–Kier alpha value is -1.39. The van der Waals surface area contributed by atoms with Crippen LogP contribution in [0.4, 0.5) is 0 Å². The number of carbonyl (C=O) groups excluding carboxylic acids is 1. The van der Waals surface area contributed by atoms with Crippen molar-refractivity contribution in [3.05, 3.63) is 0 Å². The number of hydrogen-bond donors (Lipinski definition) is 2. The van der Waals surface area contributed by atoms with Gasteiger partial charge in [0.25, 0.3) is 0 Å². The smallest absolute Gasteiger partial charge is 0.307 e. The Morgan fingerprint density at radius 3 is 1.20 bits per heavy atom. The molecule has 0 spiro atoms. The lowest BCUT2D eigenvalue weighted by atomic mass is 9.68. The number of carboxylic acids is 2. The zero-order valence-corrected chi connectivity index (χ0v) is 11.6. The molecule has 2 rings (SSSR count). The molecule has 0 aromatic heterocycles. The molecule has 0 saturated heterocycles. The summed E-state index contributed by atoms with van der Waals surface area (Å²) in [6.45, 7) is 0. The highest BCUT2D eigenvalue weighted by Crippen LogP contribution is 2.38. The standard InChI is InChI=1S/C15H22O5/c16-13(9-5-1-3-7-11(9)14(17)18)10-6-2-4-8-12(10)15(19)20/h9-12H,1-8H2,(H,17,18)(H,19,20). The number of rotatable bonds is 4. The summed E-state index contributed by atoms with van der Waals surface area (Å²) in [6, 6.07) is 0. The van der Waals surface area contributed by atoms with Gasteiger partial charge in [-0.15, -0.1) is 0 Å². The van der Waals surface area contributed by atoms with Gasteiger partial charge < -0.3 is 10.2 Å². The van der Waals surface area contributed by atoms with E-state index < -0.39 is 35.6 Å². The highest BCUT2D eigenvalue weighted by molar-refractivity contribution is 5.91. The lowest BCUT2D eigenvalue weighted by Gasteiger charge is -2.34. The van der Waals surface area contributed by atoms with Gasteiger partial charge in [-0.1, -0.05) is 25.7 Å². The van der Waals surface area contributed by atoms with Crippen LogP contribution in [0.3, 0.4) is 0 Å².